The SMILES string of the molecule is Cc1cc(Oc2nc(N3CCCCC3)nc3c2CN(Cc2ccc([N+](=O)[O-])cc2)CC3)ccc1F. The van der Waals surface area contributed by atoms with Crippen LogP contribution < -0.4 is 9.64 Å². The quantitative estimate of drug-likeness (QED) is 0.358. The third-order valence-corrected chi connectivity index (χ3v) is 6.63. The zero-order chi connectivity index (χ0) is 24.4. The van der Waals surface area contributed by atoms with E-state index < -0.39 is 0 Å². The van der Waals surface area contributed by atoms with Crippen LogP contribution in [0.15, 0.2) is 42.5 Å². The number of rotatable bonds is 6. The lowest BCUT2D eigenvalue weighted by Gasteiger charge is -2.32. The van der Waals surface area contributed by atoms with Crippen molar-refractivity contribution in [2.75, 3.05) is 24.5 Å². The number of hydrogen-bond donors (Lipinski definition) is 0. The number of ether oxygens (including phenoxy) is 1. The summed E-state index contributed by atoms with van der Waals surface area (Å²) in [4.78, 5) is 24.8. The molecular weight excluding hydrogens is 449 g/mol. The number of anilines is 1. The van der Waals surface area contributed by atoms with Gasteiger partial charge in [0, 0.05) is 51.3 Å². The molecule has 5 rings (SSSR count). The molecule has 1 saturated heterocycles. The molecule has 0 bridgehead atoms. The smallest absolute Gasteiger partial charge is 0.269 e. The van der Waals surface area contributed by atoms with Crippen molar-refractivity contribution < 1.29 is 14.1 Å². The second kappa shape index (κ2) is 9.95. The zero-order valence-electron chi connectivity index (χ0n) is 19.7. The lowest BCUT2D eigenvalue weighted by molar-refractivity contribution is -0.384. The highest BCUT2D eigenvalue weighted by Crippen LogP contribution is 2.33. The van der Waals surface area contributed by atoms with E-state index in [1.165, 1.54) is 24.6 Å². The summed E-state index contributed by atoms with van der Waals surface area (Å²) in [5.74, 6) is 1.48. The molecule has 35 heavy (non-hydrogen) atoms. The highest BCUT2D eigenvalue weighted by molar-refractivity contribution is 5.44. The molecule has 3 heterocycles. The summed E-state index contributed by atoms with van der Waals surface area (Å²) in [5.41, 5.74) is 3.51. The van der Waals surface area contributed by atoms with E-state index in [1.54, 1.807) is 31.2 Å². The van der Waals surface area contributed by atoms with Crippen LogP contribution in [-0.2, 0) is 19.5 Å². The van der Waals surface area contributed by atoms with Crippen LogP contribution in [0.5, 0.6) is 11.6 Å². The van der Waals surface area contributed by atoms with E-state index in [4.69, 9.17) is 14.7 Å². The van der Waals surface area contributed by atoms with E-state index in [-0.39, 0.29) is 16.4 Å². The van der Waals surface area contributed by atoms with Crippen LogP contribution in [-0.4, -0.2) is 39.4 Å². The van der Waals surface area contributed by atoms with E-state index in [0.717, 1.165) is 55.7 Å². The van der Waals surface area contributed by atoms with Gasteiger partial charge in [-0.05, 0) is 55.5 Å². The van der Waals surface area contributed by atoms with Gasteiger partial charge in [0.1, 0.15) is 11.6 Å². The molecule has 0 unspecified atom stereocenters. The van der Waals surface area contributed by atoms with Gasteiger partial charge in [-0.15, -0.1) is 0 Å². The van der Waals surface area contributed by atoms with E-state index in [1.807, 2.05) is 0 Å². The van der Waals surface area contributed by atoms with Gasteiger partial charge < -0.3 is 9.64 Å². The fraction of sp³-hybridized carbons (Fsp3) is 0.385. The summed E-state index contributed by atoms with van der Waals surface area (Å²) in [7, 11) is 0. The Kier molecular flexibility index (Phi) is 6.59. The summed E-state index contributed by atoms with van der Waals surface area (Å²) in [6, 6.07) is 11.4. The number of nitro groups is 1. The summed E-state index contributed by atoms with van der Waals surface area (Å²) >= 11 is 0. The first-order chi connectivity index (χ1) is 17.0. The average molecular weight is 478 g/mol. The van der Waals surface area contributed by atoms with E-state index in [0.29, 0.717) is 36.2 Å². The minimum Gasteiger partial charge on any atom is -0.438 e. The van der Waals surface area contributed by atoms with Gasteiger partial charge in [0.15, 0.2) is 0 Å². The molecule has 0 spiro atoms. The lowest BCUT2D eigenvalue weighted by atomic mass is 10.1. The fourth-order valence-corrected chi connectivity index (χ4v) is 4.66. The number of nitrogens with zero attached hydrogens (tertiary/aromatic N) is 5. The molecule has 8 nitrogen and oxygen atoms in total. The standard InChI is InChI=1S/C26H28FN5O3/c1-18-15-21(9-10-23(18)27)35-25-22-17-30(16-19-5-7-20(8-6-19)32(33)34)14-11-24(22)28-26(29-25)31-12-3-2-4-13-31/h5-10,15H,2-4,11-14,16-17H2,1H3. The Morgan fingerprint density at radius 1 is 1.06 bits per heavy atom. The summed E-state index contributed by atoms with van der Waals surface area (Å²) < 4.78 is 20.1. The molecule has 9 heteroatoms. The molecule has 182 valence electrons. The number of aromatic nitrogens is 2. The van der Waals surface area contributed by atoms with Gasteiger partial charge in [-0.3, -0.25) is 15.0 Å². The number of benzene rings is 2. The van der Waals surface area contributed by atoms with Gasteiger partial charge in [0.2, 0.25) is 11.8 Å². The van der Waals surface area contributed by atoms with Crippen molar-refractivity contribution in [3.8, 4) is 11.6 Å². The molecule has 0 radical (unpaired) electrons. The Morgan fingerprint density at radius 2 is 1.83 bits per heavy atom. The normalized spacial score (nSPS) is 16.1. The number of hydrogen-bond acceptors (Lipinski definition) is 7. The molecule has 1 fully saturated rings. The Balaban J connectivity index is 1.42. The van der Waals surface area contributed by atoms with E-state index in [9.17, 15) is 14.5 Å². The van der Waals surface area contributed by atoms with Gasteiger partial charge >= 0.3 is 0 Å². The topological polar surface area (TPSA) is 84.6 Å². The maximum absolute atomic E-state index is 13.8. The van der Waals surface area contributed by atoms with Gasteiger partial charge in [0.25, 0.3) is 5.69 Å². The van der Waals surface area contributed by atoms with Gasteiger partial charge in [0.05, 0.1) is 16.2 Å². The van der Waals surface area contributed by atoms with Gasteiger partial charge in [-0.1, -0.05) is 12.1 Å². The first kappa shape index (κ1) is 23.2. The Bertz CT molecular complexity index is 1230. The monoisotopic (exact) mass is 477 g/mol. The lowest BCUT2D eigenvalue weighted by Crippen LogP contribution is -2.34. The fourth-order valence-electron chi connectivity index (χ4n) is 4.66. The number of halogens is 1. The Labute approximate surface area is 203 Å². The van der Waals surface area contributed by atoms with Crippen molar-refractivity contribution in [1.82, 2.24) is 14.9 Å². The van der Waals surface area contributed by atoms with Crippen LogP contribution in [0, 0.1) is 22.9 Å². The van der Waals surface area contributed by atoms with E-state index >= 15 is 0 Å². The number of aryl methyl sites for hydroxylation is 1. The molecule has 0 N–H and O–H groups in total. The maximum atomic E-state index is 13.8. The van der Waals surface area contributed by atoms with Gasteiger partial charge in [-0.25, -0.2) is 9.37 Å². The van der Waals surface area contributed by atoms with Crippen molar-refractivity contribution in [2.24, 2.45) is 0 Å². The van der Waals surface area contributed by atoms with Crippen LogP contribution in [0.3, 0.4) is 0 Å². The molecule has 1 aromatic heterocycles. The molecule has 0 aliphatic carbocycles. The summed E-state index contributed by atoms with van der Waals surface area (Å²) in [6.07, 6.45) is 4.22. The summed E-state index contributed by atoms with van der Waals surface area (Å²) in [5, 5.41) is 11.0. The molecular formula is C26H28FN5O3. The molecule has 0 amide bonds. The first-order valence-corrected chi connectivity index (χ1v) is 12.0. The minimum atomic E-state index is -0.390. The summed E-state index contributed by atoms with van der Waals surface area (Å²) in [6.45, 7) is 5.64. The first-order valence-electron chi connectivity index (χ1n) is 12.0. The highest BCUT2D eigenvalue weighted by Gasteiger charge is 2.26. The van der Waals surface area contributed by atoms with Crippen molar-refractivity contribution in [2.45, 2.75) is 45.7 Å². The minimum absolute atomic E-state index is 0.0849. The number of non-ortho nitro benzene ring substituents is 1. The Morgan fingerprint density at radius 3 is 2.54 bits per heavy atom. The van der Waals surface area contributed by atoms with Crippen molar-refractivity contribution in [3.05, 3.63) is 80.8 Å². The largest absolute Gasteiger partial charge is 0.438 e. The highest BCUT2D eigenvalue weighted by atomic mass is 19.1. The molecule has 3 aromatic rings. The van der Waals surface area contributed by atoms with Crippen molar-refractivity contribution in [3.63, 3.8) is 0 Å². The molecule has 2 aliphatic heterocycles. The predicted molar refractivity (Wildman–Crippen MR) is 130 cm³/mol. The van der Waals surface area contributed by atoms with Crippen LogP contribution >= 0.6 is 0 Å². The van der Waals surface area contributed by atoms with Crippen LogP contribution in [0.4, 0.5) is 16.0 Å². The maximum Gasteiger partial charge on any atom is 0.269 e. The predicted octanol–water partition coefficient (Wildman–Crippen LogP) is 5.17. The Hall–Kier alpha value is -3.59. The number of fused-ring (bicyclic) bond motifs is 1. The van der Waals surface area contributed by atoms with Crippen LogP contribution in [0.1, 0.15) is 41.6 Å². The molecule has 0 saturated carbocycles. The number of nitro benzene ring substituents is 1. The third-order valence-electron chi connectivity index (χ3n) is 6.63. The molecule has 2 aromatic carbocycles. The number of piperidine rings is 1. The second-order valence-electron chi connectivity index (χ2n) is 9.20. The van der Waals surface area contributed by atoms with Gasteiger partial charge in [-0.2, -0.15) is 4.98 Å². The van der Waals surface area contributed by atoms with Crippen LogP contribution in [0.2, 0.25) is 0 Å². The third kappa shape index (κ3) is 5.24. The van der Waals surface area contributed by atoms with E-state index in [2.05, 4.69) is 9.80 Å². The van der Waals surface area contributed by atoms with Crippen LogP contribution in [0.25, 0.3) is 0 Å². The second-order valence-corrected chi connectivity index (χ2v) is 9.20. The van der Waals surface area contributed by atoms with Crippen molar-refractivity contribution in [1.29, 1.82) is 0 Å². The zero-order valence-corrected chi connectivity index (χ0v) is 19.7. The molecule has 0 atom stereocenters. The van der Waals surface area contributed by atoms with Crippen molar-refractivity contribution >= 4 is 11.6 Å². The average Bonchev–Trinajstić information content (AvgIpc) is 2.87. The molecule has 2 aliphatic rings.